The van der Waals surface area contributed by atoms with Crippen LogP contribution in [0, 0.1) is 0 Å². The molecule has 0 bridgehead atoms. The minimum absolute atomic E-state index is 0.532. The SMILES string of the molecule is CCCCSc1ccc(Oc2ccc(CCl)cc2)cc1. The van der Waals surface area contributed by atoms with Gasteiger partial charge in [0.05, 0.1) is 0 Å². The summed E-state index contributed by atoms with van der Waals surface area (Å²) in [6, 6.07) is 16.1. The second kappa shape index (κ2) is 8.23. The van der Waals surface area contributed by atoms with Gasteiger partial charge in [-0.15, -0.1) is 23.4 Å². The fourth-order valence-corrected chi connectivity index (χ4v) is 2.90. The third kappa shape index (κ3) is 4.77. The first-order chi connectivity index (χ1) is 9.81. The Labute approximate surface area is 130 Å². The molecule has 0 saturated heterocycles. The van der Waals surface area contributed by atoms with E-state index >= 15 is 0 Å². The predicted octanol–water partition coefficient (Wildman–Crippen LogP) is 6.11. The lowest BCUT2D eigenvalue weighted by molar-refractivity contribution is 0.482. The number of unbranched alkanes of at least 4 members (excludes halogenated alkanes) is 1. The van der Waals surface area contributed by atoms with Gasteiger partial charge in [-0.3, -0.25) is 0 Å². The lowest BCUT2D eigenvalue weighted by Crippen LogP contribution is -1.85. The number of hydrogen-bond donors (Lipinski definition) is 0. The van der Waals surface area contributed by atoms with Crippen molar-refractivity contribution in [2.75, 3.05) is 5.75 Å². The molecule has 3 heteroatoms. The number of benzene rings is 2. The molecule has 1 nitrogen and oxygen atoms in total. The number of thioether (sulfide) groups is 1. The van der Waals surface area contributed by atoms with Gasteiger partial charge in [-0.25, -0.2) is 0 Å². The normalized spacial score (nSPS) is 10.5. The molecule has 20 heavy (non-hydrogen) atoms. The average Bonchev–Trinajstić information content (AvgIpc) is 2.50. The molecule has 0 N–H and O–H groups in total. The number of ether oxygens (including phenoxy) is 1. The highest BCUT2D eigenvalue weighted by molar-refractivity contribution is 7.99. The van der Waals surface area contributed by atoms with Crippen LogP contribution in [0.3, 0.4) is 0 Å². The third-order valence-corrected chi connectivity index (χ3v) is 4.31. The molecule has 0 unspecified atom stereocenters. The van der Waals surface area contributed by atoms with Crippen LogP contribution < -0.4 is 4.74 Å². The van der Waals surface area contributed by atoms with E-state index in [1.807, 2.05) is 48.2 Å². The Morgan fingerprint density at radius 1 is 0.950 bits per heavy atom. The number of alkyl halides is 1. The van der Waals surface area contributed by atoms with Gasteiger partial charge < -0.3 is 4.74 Å². The maximum atomic E-state index is 5.81. The van der Waals surface area contributed by atoms with Crippen molar-refractivity contribution in [1.82, 2.24) is 0 Å². The van der Waals surface area contributed by atoms with Gasteiger partial charge in [-0.05, 0) is 54.1 Å². The van der Waals surface area contributed by atoms with E-state index < -0.39 is 0 Å². The maximum absolute atomic E-state index is 5.81. The fraction of sp³-hybridized carbons (Fsp3) is 0.294. The van der Waals surface area contributed by atoms with Crippen LogP contribution in [0.5, 0.6) is 11.5 Å². The molecule has 0 aliphatic heterocycles. The standard InChI is InChI=1S/C17H19ClOS/c1-2-3-12-20-17-10-8-16(9-11-17)19-15-6-4-14(13-18)5-7-15/h4-11H,2-3,12-13H2,1H3. The Balaban J connectivity index is 1.92. The van der Waals surface area contributed by atoms with Gasteiger partial charge in [-0.1, -0.05) is 25.5 Å². The fourth-order valence-electron chi connectivity index (χ4n) is 1.72. The first-order valence-corrected chi connectivity index (χ1v) is 8.39. The molecular weight excluding hydrogens is 288 g/mol. The summed E-state index contributed by atoms with van der Waals surface area (Å²) in [7, 11) is 0. The zero-order valence-electron chi connectivity index (χ0n) is 11.6. The van der Waals surface area contributed by atoms with Crippen LogP contribution in [0.25, 0.3) is 0 Å². The first-order valence-electron chi connectivity index (χ1n) is 6.87. The van der Waals surface area contributed by atoms with Gasteiger partial charge in [-0.2, -0.15) is 0 Å². The van der Waals surface area contributed by atoms with E-state index in [4.69, 9.17) is 16.3 Å². The summed E-state index contributed by atoms with van der Waals surface area (Å²) in [5.74, 6) is 3.41. The Kier molecular flexibility index (Phi) is 6.28. The number of halogens is 1. The van der Waals surface area contributed by atoms with Crippen LogP contribution in [0.15, 0.2) is 53.4 Å². The van der Waals surface area contributed by atoms with Gasteiger partial charge >= 0.3 is 0 Å². The van der Waals surface area contributed by atoms with E-state index in [2.05, 4.69) is 19.1 Å². The van der Waals surface area contributed by atoms with Crippen molar-refractivity contribution in [2.24, 2.45) is 0 Å². The molecule has 0 radical (unpaired) electrons. The van der Waals surface area contributed by atoms with Crippen molar-refractivity contribution in [3.63, 3.8) is 0 Å². The van der Waals surface area contributed by atoms with E-state index in [1.165, 1.54) is 23.5 Å². The number of hydrogen-bond acceptors (Lipinski definition) is 2. The van der Waals surface area contributed by atoms with Crippen molar-refractivity contribution in [2.45, 2.75) is 30.5 Å². The molecule has 0 amide bonds. The van der Waals surface area contributed by atoms with Crippen LogP contribution in [-0.4, -0.2) is 5.75 Å². The topological polar surface area (TPSA) is 9.23 Å². The maximum Gasteiger partial charge on any atom is 0.127 e. The van der Waals surface area contributed by atoms with Crippen molar-refractivity contribution in [3.8, 4) is 11.5 Å². The van der Waals surface area contributed by atoms with Crippen LogP contribution in [0.4, 0.5) is 0 Å². The Morgan fingerprint density at radius 3 is 2.10 bits per heavy atom. The lowest BCUT2D eigenvalue weighted by Gasteiger charge is -2.07. The molecule has 106 valence electrons. The molecule has 2 aromatic rings. The molecule has 0 heterocycles. The van der Waals surface area contributed by atoms with Crippen LogP contribution in [0.1, 0.15) is 25.3 Å². The molecule has 0 aliphatic rings. The summed E-state index contributed by atoms with van der Waals surface area (Å²) in [4.78, 5) is 1.29. The summed E-state index contributed by atoms with van der Waals surface area (Å²) in [5, 5.41) is 0. The predicted molar refractivity (Wildman–Crippen MR) is 88.1 cm³/mol. The van der Waals surface area contributed by atoms with Gasteiger partial charge in [0.25, 0.3) is 0 Å². The Bertz CT molecular complexity index is 508. The van der Waals surface area contributed by atoms with Crippen molar-refractivity contribution < 1.29 is 4.74 Å². The minimum atomic E-state index is 0.532. The molecule has 2 rings (SSSR count). The molecule has 0 saturated carbocycles. The van der Waals surface area contributed by atoms with Crippen molar-refractivity contribution >= 4 is 23.4 Å². The number of rotatable bonds is 7. The molecule has 0 aliphatic carbocycles. The highest BCUT2D eigenvalue weighted by atomic mass is 35.5. The summed E-state index contributed by atoms with van der Waals surface area (Å²) in [6.45, 7) is 2.22. The van der Waals surface area contributed by atoms with Crippen LogP contribution in [0.2, 0.25) is 0 Å². The summed E-state index contributed by atoms with van der Waals surface area (Å²) in [6.07, 6.45) is 2.50. The van der Waals surface area contributed by atoms with Gasteiger partial charge in [0.15, 0.2) is 0 Å². The summed E-state index contributed by atoms with van der Waals surface area (Å²) in [5.41, 5.74) is 1.10. The van der Waals surface area contributed by atoms with Gasteiger partial charge in [0, 0.05) is 10.8 Å². The Morgan fingerprint density at radius 2 is 1.55 bits per heavy atom. The third-order valence-electron chi connectivity index (χ3n) is 2.90. The molecular formula is C17H19ClOS. The monoisotopic (exact) mass is 306 g/mol. The average molecular weight is 307 g/mol. The highest BCUT2D eigenvalue weighted by Crippen LogP contribution is 2.26. The molecule has 2 aromatic carbocycles. The van der Waals surface area contributed by atoms with Gasteiger partial charge in [0.2, 0.25) is 0 Å². The largest absolute Gasteiger partial charge is 0.457 e. The second-order valence-corrected chi connectivity index (χ2v) is 5.99. The minimum Gasteiger partial charge on any atom is -0.457 e. The van der Waals surface area contributed by atoms with E-state index in [1.54, 1.807) is 0 Å². The molecule has 0 spiro atoms. The van der Waals surface area contributed by atoms with Gasteiger partial charge in [0.1, 0.15) is 11.5 Å². The zero-order valence-corrected chi connectivity index (χ0v) is 13.2. The van der Waals surface area contributed by atoms with E-state index in [9.17, 15) is 0 Å². The summed E-state index contributed by atoms with van der Waals surface area (Å²) >= 11 is 7.66. The van der Waals surface area contributed by atoms with E-state index in [0.717, 1.165) is 17.1 Å². The molecule has 0 aromatic heterocycles. The Hall–Kier alpha value is -1.12. The second-order valence-electron chi connectivity index (χ2n) is 4.55. The smallest absolute Gasteiger partial charge is 0.127 e. The first kappa shape index (κ1) is 15.3. The quantitative estimate of drug-likeness (QED) is 0.347. The zero-order chi connectivity index (χ0) is 14.2. The van der Waals surface area contributed by atoms with E-state index in [-0.39, 0.29) is 0 Å². The lowest BCUT2D eigenvalue weighted by atomic mass is 10.2. The van der Waals surface area contributed by atoms with Crippen LogP contribution in [-0.2, 0) is 5.88 Å². The van der Waals surface area contributed by atoms with Crippen molar-refractivity contribution in [3.05, 3.63) is 54.1 Å². The van der Waals surface area contributed by atoms with E-state index in [0.29, 0.717) is 5.88 Å². The molecule has 0 atom stereocenters. The molecule has 0 fully saturated rings. The van der Waals surface area contributed by atoms with Crippen LogP contribution >= 0.6 is 23.4 Å². The highest BCUT2D eigenvalue weighted by Gasteiger charge is 1.99. The van der Waals surface area contributed by atoms with Crippen molar-refractivity contribution in [1.29, 1.82) is 0 Å². The summed E-state index contributed by atoms with van der Waals surface area (Å²) < 4.78 is 5.81.